The van der Waals surface area contributed by atoms with E-state index in [2.05, 4.69) is 8.96 Å². The average Bonchev–Trinajstić information content (AvgIpc) is 1.66. The third kappa shape index (κ3) is 6.33. The molecule has 0 saturated heterocycles. The van der Waals surface area contributed by atoms with Gasteiger partial charge in [-0.05, 0) is 6.92 Å². The standard InChI is InChI=1S/C2H8BO4P/c1-2(4)6-8-7-3-5/h2-5,8H,1H3. The van der Waals surface area contributed by atoms with Gasteiger partial charge in [-0.2, -0.15) is 0 Å². The summed E-state index contributed by atoms with van der Waals surface area (Å²) >= 11 is 0. The first-order valence-electron chi connectivity index (χ1n) is 2.08. The third-order valence-electron chi connectivity index (χ3n) is 0.342. The molecule has 0 bridgehead atoms. The molecule has 0 radical (unpaired) electrons. The van der Waals surface area contributed by atoms with Gasteiger partial charge in [0.2, 0.25) is 0 Å². The quantitative estimate of drug-likeness (QED) is 0.229. The fourth-order valence-corrected chi connectivity index (χ4v) is 0.390. The molecule has 0 rings (SSSR count). The summed E-state index contributed by atoms with van der Waals surface area (Å²) in [6.45, 7) is 1.47. The van der Waals surface area contributed by atoms with E-state index in [0.29, 0.717) is 0 Å². The van der Waals surface area contributed by atoms with Gasteiger partial charge in [-0.1, -0.05) is 0 Å². The molecule has 0 aromatic carbocycles. The number of hydrogen-bond acceptors (Lipinski definition) is 4. The molecule has 0 aliphatic heterocycles. The van der Waals surface area contributed by atoms with Gasteiger partial charge in [0, 0.05) is 0 Å². The van der Waals surface area contributed by atoms with Gasteiger partial charge in [0.15, 0.2) is 6.29 Å². The second-order valence-corrected chi connectivity index (χ2v) is 1.76. The zero-order chi connectivity index (χ0) is 6.41. The lowest BCUT2D eigenvalue weighted by atomic mass is 10.5. The van der Waals surface area contributed by atoms with E-state index in [1.54, 1.807) is 0 Å². The van der Waals surface area contributed by atoms with Gasteiger partial charge in [-0.15, -0.1) is 0 Å². The Kier molecular flexibility index (Phi) is 5.70. The Labute approximate surface area is 50.1 Å². The molecule has 0 amide bonds. The molecule has 0 aromatic heterocycles. The van der Waals surface area contributed by atoms with E-state index < -0.39 is 6.29 Å². The van der Waals surface area contributed by atoms with Crippen LogP contribution in [0, 0.1) is 0 Å². The molecule has 0 spiro atoms. The van der Waals surface area contributed by atoms with Crippen molar-refractivity contribution in [2.75, 3.05) is 0 Å². The van der Waals surface area contributed by atoms with Crippen molar-refractivity contribution < 1.29 is 19.1 Å². The highest BCUT2D eigenvalue weighted by molar-refractivity contribution is 7.27. The summed E-state index contributed by atoms with van der Waals surface area (Å²) in [5, 5.41) is 16.4. The minimum Gasteiger partial charge on any atom is -0.430 e. The minimum absolute atomic E-state index is 0.287. The van der Waals surface area contributed by atoms with Gasteiger partial charge in [0.25, 0.3) is 0 Å². The van der Waals surface area contributed by atoms with Crippen LogP contribution in [0.5, 0.6) is 0 Å². The second-order valence-electron chi connectivity index (χ2n) is 1.07. The summed E-state index contributed by atoms with van der Waals surface area (Å²) in [5.41, 5.74) is 0. The van der Waals surface area contributed by atoms with Crippen molar-refractivity contribution in [1.29, 1.82) is 0 Å². The molecule has 0 aromatic rings. The van der Waals surface area contributed by atoms with Crippen LogP contribution < -0.4 is 0 Å². The number of rotatable bonds is 4. The maximum Gasteiger partial charge on any atom is 0.439 e. The smallest absolute Gasteiger partial charge is 0.430 e. The Balaban J connectivity index is 2.72. The first-order valence-corrected chi connectivity index (χ1v) is 2.90. The van der Waals surface area contributed by atoms with Crippen molar-refractivity contribution in [3.63, 3.8) is 0 Å². The number of aliphatic hydroxyl groups excluding tert-OH is 1. The van der Waals surface area contributed by atoms with Crippen molar-refractivity contribution in [3.05, 3.63) is 0 Å². The average molecular weight is 138 g/mol. The van der Waals surface area contributed by atoms with Crippen LogP contribution in [0.25, 0.3) is 0 Å². The first-order chi connectivity index (χ1) is 3.77. The zero-order valence-electron chi connectivity index (χ0n) is 4.50. The van der Waals surface area contributed by atoms with Gasteiger partial charge in [0.1, 0.15) is 9.03 Å². The van der Waals surface area contributed by atoms with E-state index in [-0.39, 0.29) is 16.7 Å². The highest BCUT2D eigenvalue weighted by Crippen LogP contribution is 2.12. The first kappa shape index (κ1) is 8.33. The van der Waals surface area contributed by atoms with Crippen LogP contribution in [0.1, 0.15) is 6.92 Å². The Morgan fingerprint density at radius 1 is 1.75 bits per heavy atom. The van der Waals surface area contributed by atoms with E-state index in [1.165, 1.54) is 6.92 Å². The summed E-state index contributed by atoms with van der Waals surface area (Å²) in [6.07, 6.45) is -0.820. The predicted octanol–water partition coefficient (Wildman–Crippen LogP) is -0.875. The molecule has 0 aliphatic rings. The predicted molar refractivity (Wildman–Crippen MR) is 31.5 cm³/mol. The summed E-state index contributed by atoms with van der Waals surface area (Å²) in [5.74, 6) is 0. The van der Waals surface area contributed by atoms with Crippen molar-refractivity contribution in [2.45, 2.75) is 13.2 Å². The van der Waals surface area contributed by atoms with Crippen molar-refractivity contribution in [3.8, 4) is 0 Å². The lowest BCUT2D eigenvalue weighted by molar-refractivity contribution is 0.00649. The molecule has 2 N–H and O–H groups in total. The number of hydrogen-bond donors (Lipinski definition) is 2. The second kappa shape index (κ2) is 5.47. The minimum atomic E-state index is -0.820. The summed E-state index contributed by atoms with van der Waals surface area (Å²) in [7, 11) is -0.657. The van der Waals surface area contributed by atoms with E-state index in [9.17, 15) is 0 Å². The van der Waals surface area contributed by atoms with Crippen molar-refractivity contribution in [1.82, 2.24) is 0 Å². The lowest BCUT2D eigenvalue weighted by Gasteiger charge is -2.02. The molecule has 0 fully saturated rings. The zero-order valence-corrected chi connectivity index (χ0v) is 5.50. The van der Waals surface area contributed by atoms with Crippen LogP contribution in [-0.2, 0) is 8.96 Å². The Morgan fingerprint density at radius 3 is 2.75 bits per heavy atom. The maximum atomic E-state index is 8.40. The Hall–Kier alpha value is 0.335. The summed E-state index contributed by atoms with van der Waals surface area (Å²) in [4.78, 5) is 0. The maximum absolute atomic E-state index is 8.40. The summed E-state index contributed by atoms with van der Waals surface area (Å²) in [6, 6.07) is 0. The molecule has 2 atom stereocenters. The third-order valence-corrected chi connectivity index (χ3v) is 1.03. The van der Waals surface area contributed by atoms with E-state index in [4.69, 9.17) is 10.1 Å². The molecule has 6 heteroatoms. The molecule has 0 saturated carbocycles. The summed E-state index contributed by atoms with van der Waals surface area (Å²) < 4.78 is 8.83. The molecular weight excluding hydrogens is 130 g/mol. The molecule has 8 heavy (non-hydrogen) atoms. The SMILES string of the molecule is CC(O)OPOBO. The van der Waals surface area contributed by atoms with Crippen LogP contribution in [0.2, 0.25) is 0 Å². The van der Waals surface area contributed by atoms with Gasteiger partial charge >= 0.3 is 7.69 Å². The molecule has 4 nitrogen and oxygen atoms in total. The van der Waals surface area contributed by atoms with Crippen LogP contribution in [0.15, 0.2) is 0 Å². The Bertz CT molecular complexity index is 51.3. The van der Waals surface area contributed by atoms with E-state index >= 15 is 0 Å². The fourth-order valence-electron chi connectivity index (χ4n) is 0.130. The van der Waals surface area contributed by atoms with Gasteiger partial charge in [-0.3, -0.25) is 0 Å². The monoisotopic (exact) mass is 138 g/mol. The Morgan fingerprint density at radius 2 is 2.38 bits per heavy atom. The molecule has 0 aliphatic carbocycles. The molecule has 0 heterocycles. The van der Waals surface area contributed by atoms with Crippen LogP contribution in [0.3, 0.4) is 0 Å². The van der Waals surface area contributed by atoms with Crippen molar-refractivity contribution in [2.24, 2.45) is 0 Å². The van der Waals surface area contributed by atoms with Gasteiger partial charge in [-0.25, -0.2) is 0 Å². The molecular formula is C2H8BO4P. The van der Waals surface area contributed by atoms with Gasteiger partial charge in [0.05, 0.1) is 0 Å². The largest absolute Gasteiger partial charge is 0.439 e. The van der Waals surface area contributed by atoms with Gasteiger partial charge < -0.3 is 19.1 Å². The molecule has 48 valence electrons. The topological polar surface area (TPSA) is 58.9 Å². The van der Waals surface area contributed by atoms with E-state index in [0.717, 1.165) is 0 Å². The van der Waals surface area contributed by atoms with Crippen LogP contribution in [0.4, 0.5) is 0 Å². The highest BCUT2D eigenvalue weighted by Gasteiger charge is 1.92. The van der Waals surface area contributed by atoms with Crippen LogP contribution >= 0.6 is 9.03 Å². The number of aliphatic hydroxyl groups is 1. The van der Waals surface area contributed by atoms with E-state index in [1.807, 2.05) is 0 Å². The molecule has 2 unspecified atom stereocenters. The normalized spacial score (nSPS) is 14.9. The highest BCUT2D eigenvalue weighted by atomic mass is 31.1. The van der Waals surface area contributed by atoms with Crippen LogP contribution in [-0.4, -0.2) is 24.1 Å². The lowest BCUT2D eigenvalue weighted by Crippen LogP contribution is -1.99. The fraction of sp³-hybridized carbons (Fsp3) is 1.00. The van der Waals surface area contributed by atoms with Crippen molar-refractivity contribution >= 4 is 16.7 Å².